The number of aromatic nitrogens is 2. The first kappa shape index (κ1) is 20.5. The second-order valence-electron chi connectivity index (χ2n) is 8.32. The fourth-order valence-electron chi connectivity index (χ4n) is 4.34. The minimum atomic E-state index is 0.714. The molecule has 0 radical (unpaired) electrons. The van der Waals surface area contributed by atoms with Gasteiger partial charge in [0.1, 0.15) is 18.2 Å². The molecule has 32 heavy (non-hydrogen) atoms. The summed E-state index contributed by atoms with van der Waals surface area (Å²) in [7, 11) is 0. The van der Waals surface area contributed by atoms with Crippen molar-refractivity contribution in [1.82, 2.24) is 14.9 Å². The molecule has 4 heteroatoms. The average molecular weight is 424 g/mol. The van der Waals surface area contributed by atoms with Crippen molar-refractivity contribution in [3.8, 4) is 39.7 Å². The molecule has 1 N–H and O–H groups in total. The summed E-state index contributed by atoms with van der Waals surface area (Å²) in [6.07, 6.45) is 3.97. The number of piperidine rings is 1. The Balaban J connectivity index is 1.40. The average Bonchev–Trinajstić information content (AvgIpc) is 3.32. The van der Waals surface area contributed by atoms with Crippen molar-refractivity contribution >= 4 is 0 Å². The summed E-state index contributed by atoms with van der Waals surface area (Å²) in [5.41, 5.74) is 5.24. The zero-order valence-electron chi connectivity index (χ0n) is 18.3. The Hall–Kier alpha value is -3.37. The molecule has 1 fully saturated rings. The topological polar surface area (TPSA) is 41.1 Å². The molecular formula is C28H29N3O. The lowest BCUT2D eigenvalue weighted by Crippen LogP contribution is -2.33. The van der Waals surface area contributed by atoms with Gasteiger partial charge in [-0.2, -0.15) is 0 Å². The number of benzene rings is 3. The number of ether oxygens (including phenoxy) is 1. The van der Waals surface area contributed by atoms with Gasteiger partial charge >= 0.3 is 0 Å². The van der Waals surface area contributed by atoms with E-state index in [-0.39, 0.29) is 0 Å². The third-order valence-corrected chi connectivity index (χ3v) is 6.05. The Labute approximate surface area is 189 Å². The number of likely N-dealkylation sites (tertiary alicyclic amines) is 1. The van der Waals surface area contributed by atoms with Gasteiger partial charge < -0.3 is 9.72 Å². The molecule has 2 heterocycles. The zero-order valence-corrected chi connectivity index (χ0v) is 18.3. The van der Waals surface area contributed by atoms with Crippen LogP contribution in [0.25, 0.3) is 33.9 Å². The third-order valence-electron chi connectivity index (χ3n) is 6.05. The summed E-state index contributed by atoms with van der Waals surface area (Å²) in [5.74, 6) is 1.74. The summed E-state index contributed by atoms with van der Waals surface area (Å²) < 4.78 is 6.09. The number of imidazole rings is 1. The number of hydrogen-bond donors (Lipinski definition) is 1. The molecule has 4 nitrogen and oxygen atoms in total. The van der Waals surface area contributed by atoms with Crippen molar-refractivity contribution in [3.63, 3.8) is 0 Å². The molecule has 0 aliphatic carbocycles. The molecule has 1 aliphatic rings. The van der Waals surface area contributed by atoms with Crippen molar-refractivity contribution in [3.05, 3.63) is 84.9 Å². The standard InChI is InChI=1S/C28H29N3O/c1-4-11-22(12-5-1)26-27(23-13-6-2-7-14-23)30-28(29-26)24-15-10-16-25(21-24)32-20-19-31-17-8-3-9-18-31/h1-2,4-7,10-16,21H,3,8-9,17-20H2,(H,29,30). The molecule has 0 saturated carbocycles. The van der Waals surface area contributed by atoms with E-state index < -0.39 is 0 Å². The summed E-state index contributed by atoms with van der Waals surface area (Å²) >= 11 is 0. The number of H-pyrrole nitrogens is 1. The van der Waals surface area contributed by atoms with Crippen LogP contribution in [0.2, 0.25) is 0 Å². The van der Waals surface area contributed by atoms with Crippen molar-refractivity contribution in [2.24, 2.45) is 0 Å². The second-order valence-corrected chi connectivity index (χ2v) is 8.32. The molecule has 1 aliphatic heterocycles. The molecule has 5 rings (SSSR count). The largest absolute Gasteiger partial charge is 0.492 e. The van der Waals surface area contributed by atoms with E-state index in [0.717, 1.165) is 46.2 Å². The first-order chi connectivity index (χ1) is 15.9. The Morgan fingerprint density at radius 3 is 2.19 bits per heavy atom. The van der Waals surface area contributed by atoms with Gasteiger partial charge in [0.05, 0.1) is 11.4 Å². The van der Waals surface area contributed by atoms with E-state index in [1.807, 2.05) is 24.3 Å². The lowest BCUT2D eigenvalue weighted by atomic mass is 10.1. The van der Waals surface area contributed by atoms with Crippen LogP contribution < -0.4 is 4.74 Å². The van der Waals surface area contributed by atoms with Crippen LogP contribution in [0, 0.1) is 0 Å². The first-order valence-corrected chi connectivity index (χ1v) is 11.5. The van der Waals surface area contributed by atoms with Gasteiger partial charge in [0.2, 0.25) is 0 Å². The van der Waals surface area contributed by atoms with E-state index in [1.54, 1.807) is 0 Å². The molecule has 0 unspecified atom stereocenters. The number of aromatic amines is 1. The maximum Gasteiger partial charge on any atom is 0.138 e. The van der Waals surface area contributed by atoms with Crippen LogP contribution in [0.1, 0.15) is 19.3 Å². The molecule has 162 valence electrons. The Morgan fingerprint density at radius 2 is 1.44 bits per heavy atom. The maximum absolute atomic E-state index is 6.09. The molecule has 0 bridgehead atoms. The van der Waals surface area contributed by atoms with Crippen molar-refractivity contribution < 1.29 is 4.74 Å². The fourth-order valence-corrected chi connectivity index (χ4v) is 4.34. The summed E-state index contributed by atoms with van der Waals surface area (Å²) in [6.45, 7) is 4.09. The van der Waals surface area contributed by atoms with Gasteiger partial charge in [-0.15, -0.1) is 0 Å². The Bertz CT molecular complexity index is 1070. The van der Waals surface area contributed by atoms with Crippen molar-refractivity contribution in [1.29, 1.82) is 0 Å². The fraction of sp³-hybridized carbons (Fsp3) is 0.250. The van der Waals surface area contributed by atoms with Crippen LogP contribution in [0.5, 0.6) is 5.75 Å². The third kappa shape index (κ3) is 4.76. The Kier molecular flexibility index (Phi) is 6.31. The van der Waals surface area contributed by atoms with E-state index in [1.165, 1.54) is 32.4 Å². The van der Waals surface area contributed by atoms with Crippen LogP contribution >= 0.6 is 0 Å². The molecule has 0 atom stereocenters. The van der Waals surface area contributed by atoms with Gasteiger partial charge in [-0.3, -0.25) is 4.90 Å². The van der Waals surface area contributed by atoms with E-state index >= 15 is 0 Å². The summed E-state index contributed by atoms with van der Waals surface area (Å²) in [5, 5.41) is 0. The molecular weight excluding hydrogens is 394 g/mol. The second kappa shape index (κ2) is 9.84. The van der Waals surface area contributed by atoms with Gasteiger partial charge in [-0.1, -0.05) is 79.2 Å². The predicted octanol–water partition coefficient (Wildman–Crippen LogP) is 6.28. The lowest BCUT2D eigenvalue weighted by Gasteiger charge is -2.26. The first-order valence-electron chi connectivity index (χ1n) is 11.5. The van der Waals surface area contributed by atoms with E-state index in [4.69, 9.17) is 9.72 Å². The molecule has 1 aromatic heterocycles. The SMILES string of the molecule is c1ccc(-c2nc(-c3cccc(OCCN4CCCCC4)c3)[nH]c2-c2ccccc2)cc1. The van der Waals surface area contributed by atoms with Crippen LogP contribution in [-0.4, -0.2) is 41.1 Å². The van der Waals surface area contributed by atoms with E-state index in [2.05, 4.69) is 70.5 Å². The van der Waals surface area contributed by atoms with Crippen LogP contribution in [0.15, 0.2) is 84.9 Å². The maximum atomic E-state index is 6.09. The van der Waals surface area contributed by atoms with Gasteiger partial charge in [-0.05, 0) is 38.1 Å². The number of nitrogens with one attached hydrogen (secondary N) is 1. The van der Waals surface area contributed by atoms with Crippen LogP contribution in [-0.2, 0) is 0 Å². The molecule has 3 aromatic carbocycles. The number of rotatable bonds is 7. The van der Waals surface area contributed by atoms with Gasteiger partial charge in [0.15, 0.2) is 0 Å². The normalized spacial score (nSPS) is 14.4. The van der Waals surface area contributed by atoms with Gasteiger partial charge in [0.25, 0.3) is 0 Å². The summed E-state index contributed by atoms with van der Waals surface area (Å²) in [4.78, 5) is 11.1. The van der Waals surface area contributed by atoms with Crippen LogP contribution in [0.4, 0.5) is 0 Å². The highest BCUT2D eigenvalue weighted by Gasteiger charge is 2.15. The van der Waals surface area contributed by atoms with Gasteiger partial charge in [0, 0.05) is 23.2 Å². The molecule has 1 saturated heterocycles. The van der Waals surface area contributed by atoms with Crippen molar-refractivity contribution in [2.75, 3.05) is 26.2 Å². The highest BCUT2D eigenvalue weighted by Crippen LogP contribution is 2.33. The minimum absolute atomic E-state index is 0.714. The zero-order chi connectivity index (χ0) is 21.6. The minimum Gasteiger partial charge on any atom is -0.492 e. The van der Waals surface area contributed by atoms with Crippen LogP contribution in [0.3, 0.4) is 0 Å². The number of nitrogens with zero attached hydrogens (tertiary/aromatic N) is 2. The molecule has 0 amide bonds. The smallest absolute Gasteiger partial charge is 0.138 e. The quantitative estimate of drug-likeness (QED) is 0.381. The van der Waals surface area contributed by atoms with E-state index in [9.17, 15) is 0 Å². The number of hydrogen-bond acceptors (Lipinski definition) is 3. The van der Waals surface area contributed by atoms with Gasteiger partial charge in [-0.25, -0.2) is 4.98 Å². The van der Waals surface area contributed by atoms with E-state index in [0.29, 0.717) is 6.61 Å². The van der Waals surface area contributed by atoms with Crippen molar-refractivity contribution in [2.45, 2.75) is 19.3 Å². The summed E-state index contributed by atoms with van der Waals surface area (Å²) in [6, 6.07) is 29.0. The Morgan fingerprint density at radius 1 is 0.750 bits per heavy atom. The molecule has 4 aromatic rings. The highest BCUT2D eigenvalue weighted by atomic mass is 16.5. The monoisotopic (exact) mass is 423 g/mol. The highest BCUT2D eigenvalue weighted by molar-refractivity contribution is 5.81. The molecule has 0 spiro atoms. The lowest BCUT2D eigenvalue weighted by molar-refractivity contribution is 0.183. The predicted molar refractivity (Wildman–Crippen MR) is 131 cm³/mol.